The first kappa shape index (κ1) is 15.0. The lowest BCUT2D eigenvalue weighted by Gasteiger charge is -2.28. The van der Waals surface area contributed by atoms with E-state index in [2.05, 4.69) is 0 Å². The minimum atomic E-state index is -5.18. The Kier molecular flexibility index (Phi) is 4.20. The van der Waals surface area contributed by atoms with E-state index in [0.29, 0.717) is 0 Å². The van der Waals surface area contributed by atoms with Crippen LogP contribution in [0.2, 0.25) is 0 Å². The number of rotatable bonds is 4. The molecule has 0 saturated heterocycles. The molecule has 0 rings (SSSR count). The van der Waals surface area contributed by atoms with Crippen LogP contribution >= 0.6 is 0 Å². The topological polar surface area (TPSA) is 49.3 Å². The molecule has 0 aromatic rings. The van der Waals surface area contributed by atoms with Gasteiger partial charge < -0.3 is 5.11 Å². The van der Waals surface area contributed by atoms with E-state index in [1.807, 2.05) is 0 Å². The summed E-state index contributed by atoms with van der Waals surface area (Å²) < 4.78 is 71.7. The number of carbonyl (C=O) groups is 1. The summed E-state index contributed by atoms with van der Waals surface area (Å²) in [4.78, 5) is 10.4. The number of carboxylic acid groups (broad SMARTS) is 1. The summed E-state index contributed by atoms with van der Waals surface area (Å²) in [5.41, 5.74) is -3.38. The van der Waals surface area contributed by atoms with Crippen LogP contribution in [-0.4, -0.2) is 35.5 Å². The lowest BCUT2D eigenvalue weighted by atomic mass is 10.0. The highest BCUT2D eigenvalue weighted by Crippen LogP contribution is 2.30. The van der Waals surface area contributed by atoms with E-state index in [4.69, 9.17) is 5.11 Å². The molecular weight excluding hydrogens is 244 g/mol. The number of aliphatic carboxylic acids is 1. The first-order chi connectivity index (χ1) is 6.90. The van der Waals surface area contributed by atoms with Crippen molar-refractivity contribution < 1.29 is 36.2 Å². The van der Waals surface area contributed by atoms with Gasteiger partial charge in [0.25, 0.3) is 0 Å². The van der Waals surface area contributed by atoms with Gasteiger partial charge in [-0.2, -0.15) is 26.3 Å². The molecule has 0 aliphatic rings. The lowest BCUT2D eigenvalue weighted by Crippen LogP contribution is -2.60. The Bertz CT molecular complexity index is 261. The fourth-order valence-electron chi connectivity index (χ4n) is 0.751. The summed E-state index contributed by atoms with van der Waals surface area (Å²) in [6.07, 6.45) is -11.4. The average molecular weight is 253 g/mol. The molecule has 0 aromatic heterocycles. The smallest absolute Gasteiger partial charge is 0.417 e. The third-order valence-electron chi connectivity index (χ3n) is 1.88. The third-order valence-corrected chi connectivity index (χ3v) is 1.88. The number of alkyl halides is 6. The van der Waals surface area contributed by atoms with Crippen LogP contribution in [0.3, 0.4) is 0 Å². The molecule has 0 aliphatic carbocycles. The number of hydrogen-bond acceptors (Lipinski definition) is 2. The van der Waals surface area contributed by atoms with Crippen molar-refractivity contribution in [3.05, 3.63) is 0 Å². The van der Waals surface area contributed by atoms with Crippen LogP contribution in [0.25, 0.3) is 0 Å². The summed E-state index contributed by atoms with van der Waals surface area (Å²) in [6.45, 7) is -0.850. The molecule has 0 radical (unpaired) electrons. The molecule has 1 atom stereocenters. The van der Waals surface area contributed by atoms with Crippen LogP contribution in [0.15, 0.2) is 0 Å². The molecule has 0 aromatic carbocycles. The lowest BCUT2D eigenvalue weighted by molar-refractivity contribution is -0.207. The SMILES string of the molecule is CC(NCCC(F)(F)F)(C(=O)O)C(F)(F)F. The van der Waals surface area contributed by atoms with Gasteiger partial charge in [-0.15, -0.1) is 0 Å². The maximum Gasteiger partial charge on any atom is 0.417 e. The first-order valence-electron chi connectivity index (χ1n) is 4.02. The van der Waals surface area contributed by atoms with Crippen LogP contribution < -0.4 is 5.32 Å². The largest absolute Gasteiger partial charge is 0.480 e. The van der Waals surface area contributed by atoms with E-state index in [-0.39, 0.29) is 6.92 Å². The monoisotopic (exact) mass is 253 g/mol. The first-order valence-corrected chi connectivity index (χ1v) is 4.02. The predicted molar refractivity (Wildman–Crippen MR) is 40.8 cm³/mol. The summed E-state index contributed by atoms with van der Waals surface area (Å²) in [5.74, 6) is -2.28. The Morgan fingerprint density at radius 2 is 1.62 bits per heavy atom. The van der Waals surface area contributed by atoms with Crippen LogP contribution in [0, 0.1) is 0 Å². The molecule has 0 saturated carbocycles. The van der Waals surface area contributed by atoms with Crippen molar-refractivity contribution in [2.24, 2.45) is 0 Å². The summed E-state index contributed by atoms with van der Waals surface area (Å²) in [5, 5.41) is 9.68. The Morgan fingerprint density at radius 1 is 1.19 bits per heavy atom. The molecule has 0 heterocycles. The Morgan fingerprint density at radius 3 is 1.88 bits per heavy atom. The fourth-order valence-corrected chi connectivity index (χ4v) is 0.751. The molecule has 0 bridgehead atoms. The molecule has 0 spiro atoms. The van der Waals surface area contributed by atoms with Crippen LogP contribution in [0.5, 0.6) is 0 Å². The number of halogens is 6. The van der Waals surface area contributed by atoms with Crippen LogP contribution in [0.4, 0.5) is 26.3 Å². The normalized spacial score (nSPS) is 16.9. The van der Waals surface area contributed by atoms with Gasteiger partial charge in [0.1, 0.15) is 0 Å². The van der Waals surface area contributed by atoms with Gasteiger partial charge in [0.05, 0.1) is 6.42 Å². The molecule has 9 heteroatoms. The predicted octanol–water partition coefficient (Wildman–Crippen LogP) is 1.93. The van der Waals surface area contributed by atoms with Crippen molar-refractivity contribution in [3.63, 3.8) is 0 Å². The third kappa shape index (κ3) is 3.87. The number of hydrogen-bond donors (Lipinski definition) is 2. The van der Waals surface area contributed by atoms with Gasteiger partial charge in [-0.1, -0.05) is 0 Å². The Labute approximate surface area is 86.4 Å². The average Bonchev–Trinajstić information content (AvgIpc) is 1.98. The Balaban J connectivity index is 4.55. The molecule has 1 unspecified atom stereocenters. The van der Waals surface area contributed by atoms with Gasteiger partial charge in [-0.25, -0.2) is 4.79 Å². The van der Waals surface area contributed by atoms with Gasteiger partial charge in [-0.05, 0) is 6.92 Å². The zero-order chi connectivity index (χ0) is 13.2. The van der Waals surface area contributed by atoms with Crippen LogP contribution in [-0.2, 0) is 4.79 Å². The van der Waals surface area contributed by atoms with E-state index in [1.165, 1.54) is 5.32 Å². The fraction of sp³-hybridized carbons (Fsp3) is 0.857. The molecular formula is C7H9F6NO2. The highest BCUT2D eigenvalue weighted by Gasteiger charge is 2.57. The number of carboxylic acids is 1. The molecule has 3 nitrogen and oxygen atoms in total. The van der Waals surface area contributed by atoms with E-state index in [0.717, 1.165) is 0 Å². The molecule has 0 amide bonds. The summed E-state index contributed by atoms with van der Waals surface area (Å²) >= 11 is 0. The zero-order valence-corrected chi connectivity index (χ0v) is 8.04. The van der Waals surface area contributed by atoms with Crippen molar-refractivity contribution in [2.45, 2.75) is 31.2 Å². The zero-order valence-electron chi connectivity index (χ0n) is 8.04. The molecule has 16 heavy (non-hydrogen) atoms. The van der Waals surface area contributed by atoms with Gasteiger partial charge in [0.2, 0.25) is 5.54 Å². The Hall–Kier alpha value is -0.990. The molecule has 0 fully saturated rings. The number of nitrogens with one attached hydrogen (secondary N) is 1. The standard InChI is InChI=1S/C7H9F6NO2/c1-5(4(15)16,7(11,12)13)14-3-2-6(8,9)10/h14H,2-3H2,1H3,(H,15,16). The van der Waals surface area contributed by atoms with Gasteiger partial charge in [-0.3, -0.25) is 5.32 Å². The molecule has 96 valence electrons. The highest BCUT2D eigenvalue weighted by atomic mass is 19.4. The van der Waals surface area contributed by atoms with Gasteiger partial charge in [0.15, 0.2) is 0 Å². The van der Waals surface area contributed by atoms with E-state index in [9.17, 15) is 31.1 Å². The van der Waals surface area contributed by atoms with Crippen molar-refractivity contribution >= 4 is 5.97 Å². The maximum absolute atomic E-state index is 12.3. The van der Waals surface area contributed by atoms with E-state index < -0.39 is 36.8 Å². The van der Waals surface area contributed by atoms with Gasteiger partial charge in [0, 0.05) is 6.54 Å². The van der Waals surface area contributed by atoms with Crippen LogP contribution in [0.1, 0.15) is 13.3 Å². The maximum atomic E-state index is 12.3. The second-order valence-electron chi connectivity index (χ2n) is 3.22. The second-order valence-corrected chi connectivity index (χ2v) is 3.22. The minimum Gasteiger partial charge on any atom is -0.480 e. The van der Waals surface area contributed by atoms with Crippen molar-refractivity contribution in [3.8, 4) is 0 Å². The second kappa shape index (κ2) is 4.48. The van der Waals surface area contributed by atoms with E-state index in [1.54, 1.807) is 0 Å². The highest BCUT2D eigenvalue weighted by molar-refractivity contribution is 5.79. The molecule has 0 aliphatic heterocycles. The summed E-state index contributed by atoms with van der Waals surface area (Å²) in [6, 6.07) is 0. The van der Waals surface area contributed by atoms with Crippen molar-refractivity contribution in [1.29, 1.82) is 0 Å². The minimum absolute atomic E-state index is 0.270. The van der Waals surface area contributed by atoms with Gasteiger partial charge >= 0.3 is 18.3 Å². The van der Waals surface area contributed by atoms with E-state index >= 15 is 0 Å². The van der Waals surface area contributed by atoms with Crippen molar-refractivity contribution in [1.82, 2.24) is 5.32 Å². The van der Waals surface area contributed by atoms with Crippen molar-refractivity contribution in [2.75, 3.05) is 6.54 Å². The summed E-state index contributed by atoms with van der Waals surface area (Å²) in [7, 11) is 0. The quantitative estimate of drug-likeness (QED) is 0.753. The molecule has 2 N–H and O–H groups in total.